The largest absolute Gasteiger partial charge is 0.442 e. The van der Waals surface area contributed by atoms with Gasteiger partial charge in [-0.15, -0.1) is 0 Å². The number of amides is 2. The highest BCUT2D eigenvalue weighted by molar-refractivity contribution is 7.99. The summed E-state index contributed by atoms with van der Waals surface area (Å²) in [5.41, 5.74) is 0.148. The van der Waals surface area contributed by atoms with Crippen LogP contribution in [0, 0.1) is 29.4 Å². The minimum absolute atomic E-state index is 0.00490. The van der Waals surface area contributed by atoms with E-state index in [0.717, 1.165) is 37.2 Å². The molecule has 3 aliphatic heterocycles. The van der Waals surface area contributed by atoms with Crippen molar-refractivity contribution in [1.82, 2.24) is 5.32 Å². The summed E-state index contributed by atoms with van der Waals surface area (Å²) in [5, 5.41) is 2.78. The number of cyclic esters (lactones) is 1. The van der Waals surface area contributed by atoms with Gasteiger partial charge in [0, 0.05) is 31.1 Å². The third-order valence-corrected chi connectivity index (χ3v) is 7.85. The second-order valence-electron chi connectivity index (χ2n) is 9.01. The molecule has 3 saturated heterocycles. The SMILES string of the molecule is O=C(NC[C@H]1CN(c2cc(F)c(N3CC4CCSCCC4C3)c(F)c2)C(=O)O1)C1CC1. The number of nitrogens with one attached hydrogen (secondary N) is 1. The highest BCUT2D eigenvalue weighted by Crippen LogP contribution is 2.39. The van der Waals surface area contributed by atoms with Gasteiger partial charge in [0.15, 0.2) is 11.6 Å². The van der Waals surface area contributed by atoms with Gasteiger partial charge in [0.25, 0.3) is 0 Å². The molecule has 0 spiro atoms. The van der Waals surface area contributed by atoms with Crippen LogP contribution >= 0.6 is 11.8 Å². The molecule has 9 heteroatoms. The van der Waals surface area contributed by atoms with E-state index < -0.39 is 23.8 Å². The van der Waals surface area contributed by atoms with Crippen LogP contribution in [0.5, 0.6) is 0 Å². The number of hydrogen-bond acceptors (Lipinski definition) is 5. The van der Waals surface area contributed by atoms with Crippen molar-refractivity contribution in [3.63, 3.8) is 0 Å². The number of nitrogens with zero attached hydrogens (tertiary/aromatic N) is 2. The maximum absolute atomic E-state index is 15.0. The average Bonchev–Trinajstić information content (AvgIpc) is 3.46. The number of halogens is 2. The van der Waals surface area contributed by atoms with Gasteiger partial charge in [-0.1, -0.05) is 0 Å². The summed E-state index contributed by atoms with van der Waals surface area (Å²) < 4.78 is 35.3. The van der Waals surface area contributed by atoms with Gasteiger partial charge in [0.05, 0.1) is 18.8 Å². The molecule has 168 valence electrons. The molecule has 2 amide bonds. The van der Waals surface area contributed by atoms with Crippen LogP contribution in [0.1, 0.15) is 25.7 Å². The topological polar surface area (TPSA) is 61.9 Å². The lowest BCUT2D eigenvalue weighted by atomic mass is 9.92. The molecule has 3 atom stereocenters. The predicted octanol–water partition coefficient (Wildman–Crippen LogP) is 3.40. The minimum atomic E-state index is -0.654. The average molecular weight is 452 g/mol. The molecule has 6 nitrogen and oxygen atoms in total. The first kappa shape index (κ1) is 20.8. The van der Waals surface area contributed by atoms with Crippen LogP contribution in [0.2, 0.25) is 0 Å². The van der Waals surface area contributed by atoms with Gasteiger partial charge in [-0.3, -0.25) is 9.69 Å². The first-order valence-corrected chi connectivity index (χ1v) is 12.2. The Bertz CT molecular complexity index is 845. The van der Waals surface area contributed by atoms with E-state index in [1.54, 1.807) is 0 Å². The molecule has 4 aliphatic rings. The maximum Gasteiger partial charge on any atom is 0.414 e. The quantitative estimate of drug-likeness (QED) is 0.744. The molecule has 5 rings (SSSR count). The van der Waals surface area contributed by atoms with E-state index in [4.69, 9.17) is 4.74 Å². The van der Waals surface area contributed by atoms with E-state index in [1.807, 2.05) is 16.7 Å². The lowest BCUT2D eigenvalue weighted by molar-refractivity contribution is -0.122. The number of carbonyl (C=O) groups is 2. The van der Waals surface area contributed by atoms with Gasteiger partial charge in [0.2, 0.25) is 5.91 Å². The number of anilines is 2. The molecule has 1 aliphatic carbocycles. The summed E-state index contributed by atoms with van der Waals surface area (Å²) in [6, 6.07) is 2.43. The summed E-state index contributed by atoms with van der Waals surface area (Å²) in [6.07, 6.45) is 2.77. The lowest BCUT2D eigenvalue weighted by Crippen LogP contribution is -2.35. The third kappa shape index (κ3) is 4.33. The van der Waals surface area contributed by atoms with Gasteiger partial charge in [-0.25, -0.2) is 13.6 Å². The fraction of sp³-hybridized carbons (Fsp3) is 0.636. The summed E-state index contributed by atoms with van der Waals surface area (Å²) in [4.78, 5) is 27.1. The Morgan fingerprint density at radius 1 is 1.06 bits per heavy atom. The second kappa shape index (κ2) is 8.48. The molecule has 1 aromatic carbocycles. The number of carbonyl (C=O) groups excluding carboxylic acids is 2. The molecule has 3 heterocycles. The van der Waals surface area contributed by atoms with Crippen molar-refractivity contribution in [3.8, 4) is 0 Å². The second-order valence-corrected chi connectivity index (χ2v) is 10.2. The van der Waals surface area contributed by atoms with Crippen LogP contribution in [0.15, 0.2) is 12.1 Å². The first-order valence-electron chi connectivity index (χ1n) is 11.1. The van der Waals surface area contributed by atoms with E-state index in [2.05, 4.69) is 5.32 Å². The number of hydrogen-bond donors (Lipinski definition) is 1. The van der Waals surface area contributed by atoms with E-state index in [9.17, 15) is 9.59 Å². The van der Waals surface area contributed by atoms with Crippen LogP contribution < -0.4 is 15.1 Å². The minimum Gasteiger partial charge on any atom is -0.442 e. The zero-order valence-electron chi connectivity index (χ0n) is 17.3. The molecule has 4 fully saturated rings. The summed E-state index contributed by atoms with van der Waals surface area (Å²) >= 11 is 1.96. The highest BCUT2D eigenvalue weighted by Gasteiger charge is 2.38. The van der Waals surface area contributed by atoms with Gasteiger partial charge in [-0.05, 0) is 49.0 Å². The van der Waals surface area contributed by atoms with Crippen LogP contribution in [0.4, 0.5) is 25.0 Å². The molecule has 1 aromatic rings. The number of thioether (sulfide) groups is 1. The van der Waals surface area contributed by atoms with Crippen LogP contribution in [-0.4, -0.2) is 55.8 Å². The van der Waals surface area contributed by atoms with Crippen molar-refractivity contribution in [3.05, 3.63) is 23.8 Å². The molecule has 2 unspecified atom stereocenters. The molecule has 31 heavy (non-hydrogen) atoms. The molecule has 0 aromatic heterocycles. The van der Waals surface area contributed by atoms with E-state index in [1.165, 1.54) is 17.0 Å². The van der Waals surface area contributed by atoms with Crippen LogP contribution in [-0.2, 0) is 9.53 Å². The van der Waals surface area contributed by atoms with E-state index >= 15 is 8.78 Å². The first-order chi connectivity index (χ1) is 15.0. The Kier molecular flexibility index (Phi) is 5.71. The molecule has 1 saturated carbocycles. The van der Waals surface area contributed by atoms with Crippen molar-refractivity contribution < 1.29 is 23.1 Å². The Balaban J connectivity index is 1.27. The van der Waals surface area contributed by atoms with Gasteiger partial charge in [0.1, 0.15) is 11.8 Å². The Morgan fingerprint density at radius 3 is 2.32 bits per heavy atom. The fourth-order valence-electron chi connectivity index (χ4n) is 4.90. The zero-order valence-corrected chi connectivity index (χ0v) is 18.1. The van der Waals surface area contributed by atoms with Gasteiger partial charge in [-0.2, -0.15) is 11.8 Å². The smallest absolute Gasteiger partial charge is 0.414 e. The molecule has 0 bridgehead atoms. The number of rotatable bonds is 5. The van der Waals surface area contributed by atoms with Crippen molar-refractivity contribution in [2.24, 2.45) is 17.8 Å². The standard InChI is InChI=1S/C22H27F2N3O3S/c23-18-7-16(27-12-17(30-22(27)29)9-25-21(28)13-1-2-13)8-19(24)20(18)26-10-14-3-5-31-6-4-15(14)11-26/h7-8,13-15,17H,1-6,9-12H2,(H,25,28)/t14?,15?,17-/m0/s1. The Labute approximate surface area is 184 Å². The van der Waals surface area contributed by atoms with E-state index in [0.29, 0.717) is 24.9 Å². The highest BCUT2D eigenvalue weighted by atomic mass is 32.2. The number of benzene rings is 1. The molecule has 0 radical (unpaired) electrons. The van der Waals surface area contributed by atoms with Crippen molar-refractivity contribution in [2.75, 3.05) is 47.5 Å². The van der Waals surface area contributed by atoms with Crippen LogP contribution in [0.25, 0.3) is 0 Å². The summed E-state index contributed by atoms with van der Waals surface area (Å²) in [6.45, 7) is 1.70. The summed E-state index contributed by atoms with van der Waals surface area (Å²) in [5.74, 6) is 1.91. The van der Waals surface area contributed by atoms with Gasteiger partial charge >= 0.3 is 6.09 Å². The van der Waals surface area contributed by atoms with Crippen molar-refractivity contribution in [2.45, 2.75) is 31.8 Å². The number of fused-ring (bicyclic) bond motifs is 1. The Morgan fingerprint density at radius 2 is 1.71 bits per heavy atom. The van der Waals surface area contributed by atoms with E-state index in [-0.39, 0.29) is 36.3 Å². The monoisotopic (exact) mass is 451 g/mol. The lowest BCUT2D eigenvalue weighted by Gasteiger charge is -2.22. The van der Waals surface area contributed by atoms with Crippen LogP contribution in [0.3, 0.4) is 0 Å². The zero-order chi connectivity index (χ0) is 21.5. The molecular formula is C22H27F2N3O3S. The van der Waals surface area contributed by atoms with Gasteiger partial charge < -0.3 is 15.0 Å². The maximum atomic E-state index is 15.0. The summed E-state index contributed by atoms with van der Waals surface area (Å²) in [7, 11) is 0. The number of ether oxygens (including phenoxy) is 1. The third-order valence-electron chi connectivity index (χ3n) is 6.80. The Hall–Kier alpha value is -2.03. The predicted molar refractivity (Wildman–Crippen MR) is 115 cm³/mol. The van der Waals surface area contributed by atoms with Crippen molar-refractivity contribution in [1.29, 1.82) is 0 Å². The van der Waals surface area contributed by atoms with Crippen molar-refractivity contribution >= 4 is 35.1 Å². The fourth-order valence-corrected chi connectivity index (χ4v) is 6.04. The molecule has 1 N–H and O–H groups in total. The molecular weight excluding hydrogens is 424 g/mol. The normalized spacial score (nSPS) is 28.3.